The minimum atomic E-state index is -1.23. The molecule has 0 aromatic heterocycles. The normalized spacial score (nSPS) is 13.6. The summed E-state index contributed by atoms with van der Waals surface area (Å²) >= 11 is 3.98. The number of nitrogens with zero attached hydrogens (tertiary/aromatic N) is 1. The first-order chi connectivity index (χ1) is 12.6. The molecule has 0 aromatic rings. The third-order valence-electron chi connectivity index (χ3n) is 3.23. The number of aliphatic carboxylic acids is 1. The highest BCUT2D eigenvalue weighted by molar-refractivity contribution is 7.80. The maximum absolute atomic E-state index is 12.2. The number of aliphatic imine (C=N–C) groups is 1. The Hall–Kier alpha value is -2.54. The molecule has 0 bridgehead atoms. The van der Waals surface area contributed by atoms with Gasteiger partial charge in [-0.1, -0.05) is 0 Å². The highest BCUT2D eigenvalue weighted by Crippen LogP contribution is 2.00. The van der Waals surface area contributed by atoms with Gasteiger partial charge in [-0.3, -0.25) is 19.4 Å². The maximum atomic E-state index is 12.2. The molecule has 0 aromatic carbocycles. The van der Waals surface area contributed by atoms with E-state index < -0.39 is 41.8 Å². The Kier molecular flexibility index (Phi) is 11.6. The Balaban J connectivity index is 4.60. The van der Waals surface area contributed by atoms with Gasteiger partial charge in [0, 0.05) is 12.3 Å². The molecule has 3 unspecified atom stereocenters. The number of rotatable bonds is 12. The molecule has 0 aliphatic heterocycles. The fraction of sp³-hybridized carbons (Fsp3) is 0.643. The number of thiol groups is 1. The van der Waals surface area contributed by atoms with Crippen LogP contribution in [0.5, 0.6) is 0 Å². The molecular formula is C14H27N7O5S. The van der Waals surface area contributed by atoms with Crippen molar-refractivity contribution in [3.8, 4) is 0 Å². The molecule has 0 heterocycles. The van der Waals surface area contributed by atoms with Crippen molar-refractivity contribution in [2.75, 3.05) is 18.8 Å². The van der Waals surface area contributed by atoms with Gasteiger partial charge in [0.25, 0.3) is 0 Å². The number of carboxylic acids is 1. The quantitative estimate of drug-likeness (QED) is 0.0703. The minimum absolute atomic E-state index is 0.0703. The largest absolute Gasteiger partial charge is 0.480 e. The maximum Gasteiger partial charge on any atom is 0.326 e. The molecule has 13 heteroatoms. The lowest BCUT2D eigenvalue weighted by atomic mass is 10.1. The lowest BCUT2D eigenvalue weighted by Crippen LogP contribution is -2.54. The number of hydrogen-bond donors (Lipinski definition) is 8. The predicted octanol–water partition coefficient (Wildman–Crippen LogP) is -3.51. The van der Waals surface area contributed by atoms with Gasteiger partial charge in [-0.15, -0.1) is 0 Å². The molecule has 12 nitrogen and oxygen atoms in total. The summed E-state index contributed by atoms with van der Waals surface area (Å²) in [4.78, 5) is 50.3. The van der Waals surface area contributed by atoms with Crippen LogP contribution in [0.3, 0.4) is 0 Å². The molecular weight excluding hydrogens is 378 g/mol. The van der Waals surface area contributed by atoms with Crippen LogP contribution in [0, 0.1) is 0 Å². The second kappa shape index (κ2) is 12.8. The topological polar surface area (TPSA) is 215 Å². The van der Waals surface area contributed by atoms with Gasteiger partial charge in [-0.2, -0.15) is 12.6 Å². The number of carboxylic acid groups (broad SMARTS) is 1. The van der Waals surface area contributed by atoms with Crippen LogP contribution in [0.2, 0.25) is 0 Å². The molecule has 0 radical (unpaired) electrons. The van der Waals surface area contributed by atoms with E-state index in [1.165, 1.54) is 6.92 Å². The molecule has 0 aliphatic rings. The van der Waals surface area contributed by atoms with Crippen molar-refractivity contribution in [3.05, 3.63) is 0 Å². The fourth-order valence-corrected chi connectivity index (χ4v) is 2.06. The highest BCUT2D eigenvalue weighted by Gasteiger charge is 2.25. The molecule has 0 aliphatic carbocycles. The van der Waals surface area contributed by atoms with Crippen LogP contribution in [-0.2, 0) is 19.2 Å². The van der Waals surface area contributed by atoms with Crippen LogP contribution in [0.1, 0.15) is 19.8 Å². The van der Waals surface area contributed by atoms with Gasteiger partial charge < -0.3 is 38.3 Å². The van der Waals surface area contributed by atoms with E-state index in [1.807, 2.05) is 0 Å². The second-order valence-electron chi connectivity index (χ2n) is 5.66. The molecule has 0 fully saturated rings. The number of guanidine groups is 1. The number of nitrogens with one attached hydrogen (secondary N) is 3. The third kappa shape index (κ3) is 10.9. The molecule has 154 valence electrons. The standard InChI is InChI=1S/C14H27N7O5S/c1-7(15)11(23)19-5-10(22)20-9(6-27)12(24)21-8(13(25)26)3-2-4-18-14(16)17/h7-9,27H,2-6,15H2,1H3,(H,19,23)(H,20,22)(H,21,24)(H,25,26)(H4,16,17,18). The van der Waals surface area contributed by atoms with E-state index in [0.717, 1.165) is 0 Å². The average Bonchev–Trinajstić information content (AvgIpc) is 2.59. The zero-order valence-electron chi connectivity index (χ0n) is 15.0. The van der Waals surface area contributed by atoms with Crippen LogP contribution in [0.15, 0.2) is 4.99 Å². The van der Waals surface area contributed by atoms with Gasteiger partial charge in [-0.05, 0) is 19.8 Å². The lowest BCUT2D eigenvalue weighted by molar-refractivity contribution is -0.142. The van der Waals surface area contributed by atoms with Crippen molar-refractivity contribution in [3.63, 3.8) is 0 Å². The number of hydrogen-bond acceptors (Lipinski definition) is 7. The third-order valence-corrected chi connectivity index (χ3v) is 3.60. The van der Waals surface area contributed by atoms with Crippen LogP contribution in [0.25, 0.3) is 0 Å². The molecule has 0 rings (SSSR count). The Labute approximate surface area is 162 Å². The summed E-state index contributed by atoms with van der Waals surface area (Å²) in [5, 5.41) is 16.2. The van der Waals surface area contributed by atoms with Crippen molar-refractivity contribution in [1.82, 2.24) is 16.0 Å². The summed E-state index contributed by atoms with van der Waals surface area (Å²) in [6, 6.07) is -3.03. The monoisotopic (exact) mass is 405 g/mol. The fourth-order valence-electron chi connectivity index (χ4n) is 1.80. The predicted molar refractivity (Wildman–Crippen MR) is 102 cm³/mol. The molecule has 0 saturated carbocycles. The zero-order chi connectivity index (χ0) is 21.0. The van der Waals surface area contributed by atoms with E-state index in [9.17, 15) is 24.3 Å². The molecule has 3 amide bonds. The first-order valence-corrected chi connectivity index (χ1v) is 8.73. The molecule has 0 saturated heterocycles. The van der Waals surface area contributed by atoms with Crippen molar-refractivity contribution >= 4 is 42.3 Å². The summed E-state index contributed by atoms with van der Waals surface area (Å²) in [5.74, 6) is -3.30. The number of amides is 3. The van der Waals surface area contributed by atoms with E-state index in [1.54, 1.807) is 0 Å². The Morgan fingerprint density at radius 1 is 1.11 bits per heavy atom. The van der Waals surface area contributed by atoms with Crippen LogP contribution in [-0.4, -0.2) is 71.7 Å². The van der Waals surface area contributed by atoms with Gasteiger partial charge >= 0.3 is 5.97 Å². The Morgan fingerprint density at radius 2 is 1.74 bits per heavy atom. The van der Waals surface area contributed by atoms with E-state index in [-0.39, 0.29) is 31.2 Å². The summed E-state index contributed by atoms with van der Waals surface area (Å²) in [6.07, 6.45) is 0.423. The summed E-state index contributed by atoms with van der Waals surface area (Å²) in [5.41, 5.74) is 15.7. The SMILES string of the molecule is CC(N)C(=O)NCC(=O)NC(CS)C(=O)NC(CCCN=C(N)N)C(=O)O. The van der Waals surface area contributed by atoms with E-state index in [4.69, 9.17) is 17.2 Å². The van der Waals surface area contributed by atoms with Crippen molar-refractivity contribution in [2.45, 2.75) is 37.9 Å². The molecule has 10 N–H and O–H groups in total. The summed E-state index contributed by atoms with van der Waals surface area (Å²) in [7, 11) is 0. The van der Waals surface area contributed by atoms with Gasteiger partial charge in [-0.25, -0.2) is 4.79 Å². The van der Waals surface area contributed by atoms with Crippen molar-refractivity contribution < 1.29 is 24.3 Å². The van der Waals surface area contributed by atoms with Crippen molar-refractivity contribution in [1.29, 1.82) is 0 Å². The lowest BCUT2D eigenvalue weighted by Gasteiger charge is -2.20. The van der Waals surface area contributed by atoms with E-state index in [2.05, 4.69) is 33.6 Å². The number of carbonyl (C=O) groups is 4. The second-order valence-corrected chi connectivity index (χ2v) is 6.02. The van der Waals surface area contributed by atoms with Crippen LogP contribution >= 0.6 is 12.6 Å². The average molecular weight is 405 g/mol. The smallest absolute Gasteiger partial charge is 0.326 e. The van der Waals surface area contributed by atoms with Gasteiger partial charge in [0.15, 0.2) is 5.96 Å². The summed E-state index contributed by atoms with van der Waals surface area (Å²) in [6.45, 7) is 1.29. The van der Waals surface area contributed by atoms with Crippen LogP contribution in [0.4, 0.5) is 0 Å². The van der Waals surface area contributed by atoms with Gasteiger partial charge in [0.05, 0.1) is 12.6 Å². The minimum Gasteiger partial charge on any atom is -0.480 e. The van der Waals surface area contributed by atoms with Crippen LogP contribution < -0.4 is 33.2 Å². The van der Waals surface area contributed by atoms with Crippen molar-refractivity contribution in [2.24, 2.45) is 22.2 Å². The molecule has 3 atom stereocenters. The Morgan fingerprint density at radius 3 is 2.22 bits per heavy atom. The molecule has 27 heavy (non-hydrogen) atoms. The summed E-state index contributed by atoms with van der Waals surface area (Å²) < 4.78 is 0. The Bertz CT molecular complexity index is 566. The first kappa shape index (κ1) is 24.5. The highest BCUT2D eigenvalue weighted by atomic mass is 32.1. The molecule has 0 spiro atoms. The van der Waals surface area contributed by atoms with Gasteiger partial charge in [0.1, 0.15) is 12.1 Å². The first-order valence-electron chi connectivity index (χ1n) is 8.10. The number of carbonyl (C=O) groups excluding carboxylic acids is 3. The van der Waals surface area contributed by atoms with E-state index >= 15 is 0 Å². The van der Waals surface area contributed by atoms with E-state index in [0.29, 0.717) is 6.42 Å². The zero-order valence-corrected chi connectivity index (χ0v) is 15.9. The van der Waals surface area contributed by atoms with Gasteiger partial charge in [0.2, 0.25) is 17.7 Å². The number of nitrogens with two attached hydrogens (primary N) is 3.